The first-order chi connectivity index (χ1) is 10.6. The Morgan fingerprint density at radius 1 is 1.23 bits per heavy atom. The van der Waals surface area contributed by atoms with Gasteiger partial charge in [0.25, 0.3) is 5.91 Å². The van der Waals surface area contributed by atoms with Gasteiger partial charge in [-0.3, -0.25) is 14.4 Å². The fourth-order valence-corrected chi connectivity index (χ4v) is 2.42. The van der Waals surface area contributed by atoms with Crippen LogP contribution in [-0.4, -0.2) is 30.9 Å². The van der Waals surface area contributed by atoms with Gasteiger partial charge in [-0.15, -0.1) is 0 Å². The normalized spacial score (nSPS) is 17.5. The standard InChI is InChI=1S/C16H18N2O4/c19-14(10-22-16(21)11-3-4-11)17-12-5-7-13(8-6-12)18-9-1-2-15(18)20/h5-8,11H,1-4,9-10H2,(H,17,19). The first-order valence-electron chi connectivity index (χ1n) is 7.50. The van der Waals surface area contributed by atoms with Crippen molar-refractivity contribution in [3.05, 3.63) is 24.3 Å². The summed E-state index contributed by atoms with van der Waals surface area (Å²) in [5, 5.41) is 2.67. The number of ether oxygens (including phenoxy) is 1. The summed E-state index contributed by atoms with van der Waals surface area (Å²) in [5.41, 5.74) is 1.45. The van der Waals surface area contributed by atoms with Crippen LogP contribution in [0.15, 0.2) is 24.3 Å². The number of hydrogen-bond donors (Lipinski definition) is 1. The van der Waals surface area contributed by atoms with Crippen molar-refractivity contribution in [3.63, 3.8) is 0 Å². The van der Waals surface area contributed by atoms with Crippen LogP contribution in [0.2, 0.25) is 0 Å². The van der Waals surface area contributed by atoms with Crippen molar-refractivity contribution in [2.75, 3.05) is 23.4 Å². The van der Waals surface area contributed by atoms with Crippen LogP contribution >= 0.6 is 0 Å². The van der Waals surface area contributed by atoms with Gasteiger partial charge in [-0.25, -0.2) is 0 Å². The molecular formula is C16H18N2O4. The van der Waals surface area contributed by atoms with E-state index < -0.39 is 0 Å². The number of benzene rings is 1. The van der Waals surface area contributed by atoms with Crippen molar-refractivity contribution in [1.82, 2.24) is 0 Å². The molecule has 1 aromatic rings. The summed E-state index contributed by atoms with van der Waals surface area (Å²) < 4.78 is 4.92. The number of nitrogens with zero attached hydrogens (tertiary/aromatic N) is 1. The van der Waals surface area contributed by atoms with E-state index in [-0.39, 0.29) is 30.3 Å². The zero-order valence-corrected chi connectivity index (χ0v) is 12.2. The van der Waals surface area contributed by atoms with Gasteiger partial charge in [0.05, 0.1) is 5.92 Å². The molecular weight excluding hydrogens is 284 g/mol. The summed E-state index contributed by atoms with van der Waals surface area (Å²) in [4.78, 5) is 36.4. The summed E-state index contributed by atoms with van der Waals surface area (Å²) in [7, 11) is 0. The smallest absolute Gasteiger partial charge is 0.309 e. The van der Waals surface area contributed by atoms with Crippen LogP contribution < -0.4 is 10.2 Å². The summed E-state index contributed by atoms with van der Waals surface area (Å²) >= 11 is 0. The molecule has 0 spiro atoms. The van der Waals surface area contributed by atoms with E-state index in [0.29, 0.717) is 12.1 Å². The van der Waals surface area contributed by atoms with E-state index in [2.05, 4.69) is 5.32 Å². The molecule has 2 fully saturated rings. The third-order valence-electron chi connectivity index (χ3n) is 3.79. The lowest BCUT2D eigenvalue weighted by atomic mass is 10.2. The molecule has 6 nitrogen and oxygen atoms in total. The summed E-state index contributed by atoms with van der Waals surface area (Å²) in [6.07, 6.45) is 3.18. The Morgan fingerprint density at radius 2 is 1.95 bits per heavy atom. The molecule has 2 amide bonds. The molecule has 1 saturated heterocycles. The third kappa shape index (κ3) is 3.44. The Balaban J connectivity index is 1.50. The van der Waals surface area contributed by atoms with Crippen molar-refractivity contribution in [1.29, 1.82) is 0 Å². The molecule has 1 aliphatic heterocycles. The highest BCUT2D eigenvalue weighted by Crippen LogP contribution is 2.30. The predicted molar refractivity (Wildman–Crippen MR) is 80.3 cm³/mol. The van der Waals surface area contributed by atoms with E-state index in [1.54, 1.807) is 29.2 Å². The summed E-state index contributed by atoms with van der Waals surface area (Å²) in [6, 6.07) is 7.08. The first-order valence-corrected chi connectivity index (χ1v) is 7.50. The molecule has 2 aliphatic rings. The largest absolute Gasteiger partial charge is 0.455 e. The van der Waals surface area contributed by atoms with Crippen LogP contribution in [0.4, 0.5) is 11.4 Å². The highest BCUT2D eigenvalue weighted by Gasteiger charge is 2.31. The number of hydrogen-bond acceptors (Lipinski definition) is 4. The number of carbonyl (C=O) groups excluding carboxylic acids is 3. The number of esters is 1. The average Bonchev–Trinajstić information content (AvgIpc) is 3.28. The fraction of sp³-hybridized carbons (Fsp3) is 0.438. The molecule has 0 aromatic heterocycles. The third-order valence-corrected chi connectivity index (χ3v) is 3.79. The maximum Gasteiger partial charge on any atom is 0.309 e. The zero-order valence-electron chi connectivity index (χ0n) is 12.2. The maximum absolute atomic E-state index is 11.7. The van der Waals surface area contributed by atoms with E-state index in [1.807, 2.05) is 0 Å². The first kappa shape index (κ1) is 14.6. The minimum absolute atomic E-state index is 0.00918. The van der Waals surface area contributed by atoms with Gasteiger partial charge in [-0.1, -0.05) is 0 Å². The van der Waals surface area contributed by atoms with Gasteiger partial charge in [0.15, 0.2) is 6.61 Å². The lowest BCUT2D eigenvalue weighted by molar-refractivity contribution is -0.148. The molecule has 1 heterocycles. The van der Waals surface area contributed by atoms with Crippen LogP contribution in [0.5, 0.6) is 0 Å². The van der Waals surface area contributed by atoms with Crippen molar-refractivity contribution in [2.24, 2.45) is 5.92 Å². The Labute approximate surface area is 128 Å². The van der Waals surface area contributed by atoms with Crippen LogP contribution in [0.3, 0.4) is 0 Å². The van der Waals surface area contributed by atoms with Crippen molar-refractivity contribution in [3.8, 4) is 0 Å². The second-order valence-electron chi connectivity index (χ2n) is 5.63. The van der Waals surface area contributed by atoms with E-state index >= 15 is 0 Å². The van der Waals surface area contributed by atoms with Crippen molar-refractivity contribution in [2.45, 2.75) is 25.7 Å². The number of rotatable bonds is 5. The van der Waals surface area contributed by atoms with Gasteiger partial charge >= 0.3 is 5.97 Å². The SMILES string of the molecule is O=C(COC(=O)C1CC1)Nc1ccc(N2CCCC2=O)cc1. The van der Waals surface area contributed by atoms with E-state index in [1.165, 1.54) is 0 Å². The van der Waals surface area contributed by atoms with Gasteiger partial charge in [0, 0.05) is 24.3 Å². The number of amides is 2. The minimum Gasteiger partial charge on any atom is -0.455 e. The quantitative estimate of drug-likeness (QED) is 0.840. The molecule has 1 N–H and O–H groups in total. The van der Waals surface area contributed by atoms with E-state index in [4.69, 9.17) is 4.74 Å². The van der Waals surface area contributed by atoms with Crippen LogP contribution in [0, 0.1) is 5.92 Å². The van der Waals surface area contributed by atoms with E-state index in [0.717, 1.165) is 31.5 Å². The second-order valence-corrected chi connectivity index (χ2v) is 5.63. The zero-order chi connectivity index (χ0) is 15.5. The highest BCUT2D eigenvalue weighted by molar-refractivity contribution is 5.96. The topological polar surface area (TPSA) is 75.7 Å². The Morgan fingerprint density at radius 3 is 2.55 bits per heavy atom. The monoisotopic (exact) mass is 302 g/mol. The maximum atomic E-state index is 11.7. The number of carbonyl (C=O) groups is 3. The molecule has 0 radical (unpaired) electrons. The molecule has 22 heavy (non-hydrogen) atoms. The second kappa shape index (κ2) is 6.17. The number of anilines is 2. The molecule has 0 unspecified atom stereocenters. The summed E-state index contributed by atoms with van der Waals surface area (Å²) in [6.45, 7) is 0.476. The molecule has 1 aromatic carbocycles. The Bertz CT molecular complexity index is 593. The van der Waals surface area contributed by atoms with Gasteiger partial charge in [0.2, 0.25) is 5.91 Å². The average molecular weight is 302 g/mol. The number of nitrogens with one attached hydrogen (secondary N) is 1. The summed E-state index contributed by atoms with van der Waals surface area (Å²) in [5.74, 6) is -0.536. The van der Waals surface area contributed by atoms with Crippen molar-refractivity contribution >= 4 is 29.2 Å². The molecule has 3 rings (SSSR count). The lowest BCUT2D eigenvalue weighted by Gasteiger charge is -2.16. The molecule has 116 valence electrons. The molecule has 0 atom stereocenters. The van der Waals surface area contributed by atoms with Crippen LogP contribution in [0.1, 0.15) is 25.7 Å². The Hall–Kier alpha value is -2.37. The minimum atomic E-state index is -0.362. The lowest BCUT2D eigenvalue weighted by Crippen LogP contribution is -2.24. The van der Waals surface area contributed by atoms with Gasteiger partial charge in [-0.2, -0.15) is 0 Å². The Kier molecular flexibility index (Phi) is 4.09. The van der Waals surface area contributed by atoms with Crippen LogP contribution in [-0.2, 0) is 19.1 Å². The van der Waals surface area contributed by atoms with Gasteiger partial charge < -0.3 is 15.0 Å². The predicted octanol–water partition coefficient (Wildman–Crippen LogP) is 1.71. The fourth-order valence-electron chi connectivity index (χ4n) is 2.42. The molecule has 1 aliphatic carbocycles. The van der Waals surface area contributed by atoms with Gasteiger partial charge in [-0.05, 0) is 43.5 Å². The van der Waals surface area contributed by atoms with Gasteiger partial charge in [0.1, 0.15) is 0 Å². The molecule has 1 saturated carbocycles. The van der Waals surface area contributed by atoms with Crippen molar-refractivity contribution < 1.29 is 19.1 Å². The van der Waals surface area contributed by atoms with Crippen LogP contribution in [0.25, 0.3) is 0 Å². The highest BCUT2D eigenvalue weighted by atomic mass is 16.5. The molecule has 6 heteroatoms. The van der Waals surface area contributed by atoms with E-state index in [9.17, 15) is 14.4 Å². The molecule has 0 bridgehead atoms.